The highest BCUT2D eigenvalue weighted by molar-refractivity contribution is 4.68. The van der Waals surface area contributed by atoms with Gasteiger partial charge < -0.3 is 14.4 Å². The Kier molecular flexibility index (Phi) is 7.81. The molecule has 3 heteroatoms. The number of ether oxygens (including phenoxy) is 2. The van der Waals surface area contributed by atoms with Crippen molar-refractivity contribution in [2.24, 2.45) is 5.92 Å². The largest absolute Gasteiger partial charge is 0.385 e. The lowest BCUT2D eigenvalue weighted by Crippen LogP contribution is -2.35. The van der Waals surface area contributed by atoms with Gasteiger partial charge in [0.25, 0.3) is 0 Å². The Balaban J connectivity index is 1.84. The molecule has 0 N–H and O–H groups in total. The molecule has 0 aromatic rings. The molecule has 96 valence electrons. The van der Waals surface area contributed by atoms with Gasteiger partial charge in [0.15, 0.2) is 0 Å². The third-order valence-electron chi connectivity index (χ3n) is 3.32. The van der Waals surface area contributed by atoms with Crippen LogP contribution in [-0.4, -0.2) is 51.5 Å². The summed E-state index contributed by atoms with van der Waals surface area (Å²) < 4.78 is 10.6. The molecule has 0 unspecified atom stereocenters. The van der Waals surface area contributed by atoms with Crippen LogP contribution in [-0.2, 0) is 9.47 Å². The van der Waals surface area contributed by atoms with Crippen molar-refractivity contribution in [3.63, 3.8) is 0 Å². The first kappa shape index (κ1) is 13.9. The third-order valence-corrected chi connectivity index (χ3v) is 3.32. The summed E-state index contributed by atoms with van der Waals surface area (Å²) >= 11 is 0. The second kappa shape index (κ2) is 8.97. The van der Waals surface area contributed by atoms with E-state index in [1.165, 1.54) is 25.9 Å². The van der Waals surface area contributed by atoms with Crippen molar-refractivity contribution in [3.8, 4) is 0 Å². The molecule has 16 heavy (non-hydrogen) atoms. The maximum absolute atomic E-state index is 5.61. The van der Waals surface area contributed by atoms with E-state index in [0.29, 0.717) is 0 Å². The fraction of sp³-hybridized carbons (Fsp3) is 1.00. The first-order chi connectivity index (χ1) is 7.83. The molecule has 0 atom stereocenters. The molecule has 1 rings (SSSR count). The Labute approximate surface area is 100 Å². The SMILES string of the molecule is COCCCCOCCN1CCC(C)CC1. The van der Waals surface area contributed by atoms with Crippen molar-refractivity contribution < 1.29 is 9.47 Å². The van der Waals surface area contributed by atoms with Crippen LogP contribution >= 0.6 is 0 Å². The van der Waals surface area contributed by atoms with E-state index in [0.717, 1.165) is 45.1 Å². The third kappa shape index (κ3) is 6.46. The summed E-state index contributed by atoms with van der Waals surface area (Å²) in [6, 6.07) is 0. The van der Waals surface area contributed by atoms with Gasteiger partial charge in [-0.25, -0.2) is 0 Å². The van der Waals surface area contributed by atoms with E-state index < -0.39 is 0 Å². The first-order valence-corrected chi connectivity index (χ1v) is 6.62. The summed E-state index contributed by atoms with van der Waals surface area (Å²) in [5.41, 5.74) is 0. The predicted molar refractivity (Wildman–Crippen MR) is 66.8 cm³/mol. The molecule has 1 aliphatic heterocycles. The second-order valence-corrected chi connectivity index (χ2v) is 4.84. The number of piperidine rings is 1. The van der Waals surface area contributed by atoms with Crippen LogP contribution < -0.4 is 0 Å². The highest BCUT2D eigenvalue weighted by Crippen LogP contribution is 2.15. The number of hydrogen-bond donors (Lipinski definition) is 0. The van der Waals surface area contributed by atoms with Gasteiger partial charge in [0.2, 0.25) is 0 Å². The molecule has 0 radical (unpaired) electrons. The summed E-state index contributed by atoms with van der Waals surface area (Å²) in [6.07, 6.45) is 4.93. The molecule has 1 heterocycles. The number of unbranched alkanes of at least 4 members (excludes halogenated alkanes) is 1. The zero-order chi connectivity index (χ0) is 11.6. The smallest absolute Gasteiger partial charge is 0.0593 e. The van der Waals surface area contributed by atoms with E-state index in [2.05, 4.69) is 11.8 Å². The molecule has 0 bridgehead atoms. The Morgan fingerprint density at radius 3 is 2.44 bits per heavy atom. The average molecular weight is 229 g/mol. The summed E-state index contributed by atoms with van der Waals surface area (Å²) in [6.45, 7) is 8.60. The highest BCUT2D eigenvalue weighted by Gasteiger charge is 2.14. The molecule has 1 fully saturated rings. The molecule has 1 saturated heterocycles. The van der Waals surface area contributed by atoms with E-state index in [-0.39, 0.29) is 0 Å². The van der Waals surface area contributed by atoms with Crippen molar-refractivity contribution in [3.05, 3.63) is 0 Å². The van der Waals surface area contributed by atoms with Gasteiger partial charge in [-0.15, -0.1) is 0 Å². The maximum Gasteiger partial charge on any atom is 0.0593 e. The van der Waals surface area contributed by atoms with Crippen molar-refractivity contribution >= 4 is 0 Å². The number of rotatable bonds is 8. The van der Waals surface area contributed by atoms with Crippen molar-refractivity contribution in [2.75, 3.05) is 46.6 Å². The van der Waals surface area contributed by atoms with Crippen LogP contribution in [0.15, 0.2) is 0 Å². The van der Waals surface area contributed by atoms with Crippen LogP contribution in [0, 0.1) is 5.92 Å². The predicted octanol–water partition coefficient (Wildman–Crippen LogP) is 2.16. The molecular weight excluding hydrogens is 202 g/mol. The Hall–Kier alpha value is -0.120. The number of hydrogen-bond acceptors (Lipinski definition) is 3. The molecule has 0 saturated carbocycles. The molecule has 0 aromatic heterocycles. The topological polar surface area (TPSA) is 21.7 Å². The van der Waals surface area contributed by atoms with Gasteiger partial charge in [-0.1, -0.05) is 6.92 Å². The van der Waals surface area contributed by atoms with E-state index in [1.54, 1.807) is 7.11 Å². The van der Waals surface area contributed by atoms with Crippen molar-refractivity contribution in [2.45, 2.75) is 32.6 Å². The van der Waals surface area contributed by atoms with Gasteiger partial charge in [-0.3, -0.25) is 0 Å². The molecule has 3 nitrogen and oxygen atoms in total. The highest BCUT2D eigenvalue weighted by atomic mass is 16.5. The molecular formula is C13H27NO2. The minimum atomic E-state index is 0.855. The van der Waals surface area contributed by atoms with E-state index in [1.807, 2.05) is 0 Å². The van der Waals surface area contributed by atoms with E-state index in [4.69, 9.17) is 9.47 Å². The summed E-state index contributed by atoms with van der Waals surface area (Å²) in [5.74, 6) is 0.922. The summed E-state index contributed by atoms with van der Waals surface area (Å²) in [4.78, 5) is 2.52. The first-order valence-electron chi connectivity index (χ1n) is 6.62. The molecule has 0 aliphatic carbocycles. The lowest BCUT2D eigenvalue weighted by Gasteiger charge is -2.29. The summed E-state index contributed by atoms with van der Waals surface area (Å²) in [7, 11) is 1.75. The minimum absolute atomic E-state index is 0.855. The normalized spacial score (nSPS) is 19.1. The average Bonchev–Trinajstić information content (AvgIpc) is 2.30. The molecule has 1 aliphatic rings. The van der Waals surface area contributed by atoms with Gasteiger partial charge >= 0.3 is 0 Å². The Morgan fingerprint density at radius 1 is 1.06 bits per heavy atom. The fourth-order valence-electron chi connectivity index (χ4n) is 2.03. The second-order valence-electron chi connectivity index (χ2n) is 4.84. The van der Waals surface area contributed by atoms with Crippen molar-refractivity contribution in [1.29, 1.82) is 0 Å². The molecule has 0 aromatic carbocycles. The number of methoxy groups -OCH3 is 1. The zero-order valence-corrected chi connectivity index (χ0v) is 10.9. The van der Waals surface area contributed by atoms with Crippen LogP contribution in [0.4, 0.5) is 0 Å². The quantitative estimate of drug-likeness (QED) is 0.595. The lowest BCUT2D eigenvalue weighted by atomic mass is 9.99. The van der Waals surface area contributed by atoms with E-state index in [9.17, 15) is 0 Å². The molecule has 0 amide bonds. The number of likely N-dealkylation sites (tertiary alicyclic amines) is 1. The van der Waals surface area contributed by atoms with Gasteiger partial charge in [0, 0.05) is 26.9 Å². The zero-order valence-electron chi connectivity index (χ0n) is 10.9. The Morgan fingerprint density at radius 2 is 1.75 bits per heavy atom. The van der Waals surface area contributed by atoms with Gasteiger partial charge in [0.1, 0.15) is 0 Å². The number of nitrogens with zero attached hydrogens (tertiary/aromatic N) is 1. The van der Waals surface area contributed by atoms with Gasteiger partial charge in [0.05, 0.1) is 6.61 Å². The minimum Gasteiger partial charge on any atom is -0.385 e. The maximum atomic E-state index is 5.61. The van der Waals surface area contributed by atoms with E-state index >= 15 is 0 Å². The standard InChI is InChI=1S/C13H27NO2/c1-13-5-7-14(8-6-13)9-12-16-11-4-3-10-15-2/h13H,3-12H2,1-2H3. The Bertz CT molecular complexity index is 156. The molecule has 0 spiro atoms. The monoisotopic (exact) mass is 229 g/mol. The van der Waals surface area contributed by atoms with Crippen LogP contribution in [0.1, 0.15) is 32.6 Å². The van der Waals surface area contributed by atoms with Gasteiger partial charge in [-0.05, 0) is 44.7 Å². The van der Waals surface area contributed by atoms with Crippen LogP contribution in [0.3, 0.4) is 0 Å². The van der Waals surface area contributed by atoms with Crippen molar-refractivity contribution in [1.82, 2.24) is 4.90 Å². The lowest BCUT2D eigenvalue weighted by molar-refractivity contribution is 0.0836. The van der Waals surface area contributed by atoms with Crippen LogP contribution in [0.5, 0.6) is 0 Å². The van der Waals surface area contributed by atoms with Gasteiger partial charge in [-0.2, -0.15) is 0 Å². The van der Waals surface area contributed by atoms with Crippen LogP contribution in [0.25, 0.3) is 0 Å². The summed E-state index contributed by atoms with van der Waals surface area (Å²) in [5, 5.41) is 0. The van der Waals surface area contributed by atoms with Crippen LogP contribution in [0.2, 0.25) is 0 Å². The fourth-order valence-corrected chi connectivity index (χ4v) is 2.03.